The summed E-state index contributed by atoms with van der Waals surface area (Å²) < 4.78 is 4.69. The zero-order chi connectivity index (χ0) is 18.9. The van der Waals surface area contributed by atoms with Gasteiger partial charge in [-0.3, -0.25) is 14.4 Å². The molecule has 0 saturated carbocycles. The smallest absolute Gasteiger partial charge is 0.307 e. The summed E-state index contributed by atoms with van der Waals surface area (Å²) >= 11 is 7.50. The molecule has 1 heterocycles. The summed E-state index contributed by atoms with van der Waals surface area (Å²) in [7, 11) is 1.29. The van der Waals surface area contributed by atoms with Crippen LogP contribution in [0.5, 0.6) is 0 Å². The highest BCUT2D eigenvalue weighted by Crippen LogP contribution is 2.25. The van der Waals surface area contributed by atoms with Crippen LogP contribution in [-0.2, 0) is 14.3 Å². The highest BCUT2D eigenvalue weighted by Gasteiger charge is 2.21. The molecule has 0 fully saturated rings. The maximum atomic E-state index is 12.2. The highest BCUT2D eigenvalue weighted by atomic mass is 35.5. The SMILES string of the molecule is COC(=O)CC(NC(=O)CCNC(=O)c1cccs1)c1ccccc1Cl. The van der Waals surface area contributed by atoms with E-state index in [4.69, 9.17) is 11.6 Å². The molecule has 0 aliphatic carbocycles. The molecule has 0 spiro atoms. The number of halogens is 1. The number of nitrogens with one attached hydrogen (secondary N) is 2. The lowest BCUT2D eigenvalue weighted by Gasteiger charge is -2.19. The third-order valence-corrected chi connectivity index (χ3v) is 4.81. The normalized spacial score (nSPS) is 11.5. The average molecular weight is 395 g/mol. The number of benzene rings is 1. The Balaban J connectivity index is 1.92. The van der Waals surface area contributed by atoms with Gasteiger partial charge < -0.3 is 15.4 Å². The van der Waals surface area contributed by atoms with Crippen molar-refractivity contribution in [2.45, 2.75) is 18.9 Å². The number of carbonyl (C=O) groups is 3. The summed E-state index contributed by atoms with van der Waals surface area (Å²) in [6.07, 6.45) is 0.0484. The largest absolute Gasteiger partial charge is 0.469 e. The standard InChI is InChI=1S/C18H19ClN2O4S/c1-25-17(23)11-14(12-5-2-3-6-13(12)19)21-16(22)8-9-20-18(24)15-7-4-10-26-15/h2-7,10,14H,8-9,11H2,1H3,(H,20,24)(H,21,22). The first-order valence-corrected chi connectivity index (χ1v) is 9.19. The van der Waals surface area contributed by atoms with Gasteiger partial charge in [-0.05, 0) is 23.1 Å². The zero-order valence-electron chi connectivity index (χ0n) is 14.2. The molecule has 8 heteroatoms. The molecule has 1 aromatic carbocycles. The van der Waals surface area contributed by atoms with Crippen molar-refractivity contribution < 1.29 is 19.1 Å². The molecule has 0 radical (unpaired) electrons. The van der Waals surface area contributed by atoms with Gasteiger partial charge in [0.2, 0.25) is 5.91 Å². The lowest BCUT2D eigenvalue weighted by Crippen LogP contribution is -2.34. The second-order valence-corrected chi connectivity index (χ2v) is 6.76. The summed E-state index contributed by atoms with van der Waals surface area (Å²) in [5, 5.41) is 7.72. The van der Waals surface area contributed by atoms with Crippen LogP contribution in [0.15, 0.2) is 41.8 Å². The molecule has 138 valence electrons. The monoisotopic (exact) mass is 394 g/mol. The second-order valence-electron chi connectivity index (χ2n) is 5.41. The Kier molecular flexibility index (Phi) is 7.62. The predicted octanol–water partition coefficient (Wildman–Crippen LogP) is 2.94. The number of ether oxygens (including phenoxy) is 1. The molecule has 1 unspecified atom stereocenters. The molecular formula is C18H19ClN2O4S. The minimum absolute atomic E-state index is 0.0342. The highest BCUT2D eigenvalue weighted by molar-refractivity contribution is 7.12. The number of thiophene rings is 1. The van der Waals surface area contributed by atoms with Gasteiger partial charge in [-0.2, -0.15) is 0 Å². The fourth-order valence-electron chi connectivity index (χ4n) is 2.30. The fraction of sp³-hybridized carbons (Fsp3) is 0.278. The van der Waals surface area contributed by atoms with Gasteiger partial charge in [0.1, 0.15) is 0 Å². The van der Waals surface area contributed by atoms with Crippen molar-refractivity contribution in [1.29, 1.82) is 0 Å². The molecule has 2 aromatic rings. The van der Waals surface area contributed by atoms with Crippen molar-refractivity contribution in [3.8, 4) is 0 Å². The lowest BCUT2D eigenvalue weighted by molar-refractivity contribution is -0.141. The number of rotatable bonds is 8. The van der Waals surface area contributed by atoms with E-state index in [1.54, 1.807) is 36.4 Å². The molecular weight excluding hydrogens is 376 g/mol. The minimum Gasteiger partial charge on any atom is -0.469 e. The van der Waals surface area contributed by atoms with Crippen LogP contribution < -0.4 is 10.6 Å². The Morgan fingerprint density at radius 2 is 1.96 bits per heavy atom. The Morgan fingerprint density at radius 1 is 1.19 bits per heavy atom. The Hall–Kier alpha value is -2.38. The lowest BCUT2D eigenvalue weighted by atomic mass is 10.0. The molecule has 2 amide bonds. The van der Waals surface area contributed by atoms with Crippen molar-refractivity contribution >= 4 is 40.7 Å². The zero-order valence-corrected chi connectivity index (χ0v) is 15.7. The van der Waals surface area contributed by atoms with E-state index in [-0.39, 0.29) is 31.2 Å². The van der Waals surface area contributed by atoms with Crippen molar-refractivity contribution in [2.24, 2.45) is 0 Å². The number of esters is 1. The van der Waals surface area contributed by atoms with Crippen molar-refractivity contribution in [2.75, 3.05) is 13.7 Å². The van der Waals surface area contributed by atoms with E-state index in [0.717, 1.165) is 0 Å². The van der Waals surface area contributed by atoms with Crippen LogP contribution in [0.4, 0.5) is 0 Å². The van der Waals surface area contributed by atoms with Gasteiger partial charge in [-0.25, -0.2) is 0 Å². The van der Waals surface area contributed by atoms with E-state index in [9.17, 15) is 14.4 Å². The van der Waals surface area contributed by atoms with E-state index in [1.807, 2.05) is 5.38 Å². The molecule has 2 N–H and O–H groups in total. The van der Waals surface area contributed by atoms with Gasteiger partial charge >= 0.3 is 5.97 Å². The van der Waals surface area contributed by atoms with Gasteiger partial charge in [-0.1, -0.05) is 35.9 Å². The van der Waals surface area contributed by atoms with Gasteiger partial charge in [0, 0.05) is 18.0 Å². The molecule has 26 heavy (non-hydrogen) atoms. The summed E-state index contributed by atoms with van der Waals surface area (Å²) in [4.78, 5) is 36.3. The first-order chi connectivity index (χ1) is 12.5. The van der Waals surface area contributed by atoms with Crippen LogP contribution in [0.2, 0.25) is 5.02 Å². The maximum absolute atomic E-state index is 12.2. The number of hydrogen-bond donors (Lipinski definition) is 2. The first-order valence-electron chi connectivity index (χ1n) is 7.93. The van der Waals surface area contributed by atoms with E-state index in [2.05, 4.69) is 15.4 Å². The molecule has 0 aliphatic heterocycles. The van der Waals surface area contributed by atoms with Crippen LogP contribution >= 0.6 is 22.9 Å². The molecule has 1 atom stereocenters. The van der Waals surface area contributed by atoms with E-state index < -0.39 is 12.0 Å². The fourth-order valence-corrected chi connectivity index (χ4v) is 3.20. The Labute approximate surface area is 160 Å². The van der Waals surface area contributed by atoms with Gasteiger partial charge in [0.15, 0.2) is 0 Å². The summed E-state index contributed by atoms with van der Waals surface area (Å²) in [6, 6.07) is 9.87. The summed E-state index contributed by atoms with van der Waals surface area (Å²) in [6.45, 7) is 0.191. The van der Waals surface area contributed by atoms with Crippen molar-refractivity contribution in [1.82, 2.24) is 10.6 Å². The predicted molar refractivity (Wildman–Crippen MR) is 100 cm³/mol. The topological polar surface area (TPSA) is 84.5 Å². The van der Waals surface area contributed by atoms with Crippen LogP contribution in [0.1, 0.15) is 34.1 Å². The number of hydrogen-bond acceptors (Lipinski definition) is 5. The number of amides is 2. The Bertz CT molecular complexity index is 764. The van der Waals surface area contributed by atoms with Gasteiger partial charge in [0.25, 0.3) is 5.91 Å². The van der Waals surface area contributed by atoms with Crippen molar-refractivity contribution in [3.05, 3.63) is 57.2 Å². The molecule has 1 aromatic heterocycles. The molecule has 2 rings (SSSR count). The second kappa shape index (κ2) is 9.94. The molecule has 6 nitrogen and oxygen atoms in total. The van der Waals surface area contributed by atoms with Crippen molar-refractivity contribution in [3.63, 3.8) is 0 Å². The quantitative estimate of drug-likeness (QED) is 0.674. The Morgan fingerprint density at radius 3 is 2.62 bits per heavy atom. The third-order valence-electron chi connectivity index (χ3n) is 3.60. The van der Waals surface area contributed by atoms with Crippen LogP contribution in [-0.4, -0.2) is 31.4 Å². The first kappa shape index (κ1) is 19.9. The molecule has 0 aliphatic rings. The van der Waals surface area contributed by atoms with Crippen LogP contribution in [0.3, 0.4) is 0 Å². The minimum atomic E-state index is -0.600. The molecule has 0 bridgehead atoms. The van der Waals surface area contributed by atoms with E-state index in [0.29, 0.717) is 15.5 Å². The van der Waals surface area contributed by atoms with Gasteiger partial charge in [0.05, 0.1) is 24.4 Å². The third kappa shape index (κ3) is 5.86. The van der Waals surface area contributed by atoms with Crippen LogP contribution in [0, 0.1) is 0 Å². The average Bonchev–Trinajstić information content (AvgIpc) is 3.16. The summed E-state index contributed by atoms with van der Waals surface area (Å²) in [5.41, 5.74) is 0.635. The number of carbonyl (C=O) groups excluding carboxylic acids is 3. The van der Waals surface area contributed by atoms with Gasteiger partial charge in [-0.15, -0.1) is 11.3 Å². The maximum Gasteiger partial charge on any atom is 0.307 e. The van der Waals surface area contributed by atoms with E-state index >= 15 is 0 Å². The van der Waals surface area contributed by atoms with Crippen LogP contribution in [0.25, 0.3) is 0 Å². The molecule has 0 saturated heterocycles. The number of methoxy groups -OCH3 is 1. The van der Waals surface area contributed by atoms with E-state index in [1.165, 1.54) is 18.4 Å². The summed E-state index contributed by atoms with van der Waals surface area (Å²) in [5.74, 6) is -0.975.